The minimum atomic E-state index is 0.229. The molecule has 0 amide bonds. The second-order valence-electron chi connectivity index (χ2n) is 4.92. The fourth-order valence-corrected chi connectivity index (χ4v) is 2.42. The molecule has 17 heavy (non-hydrogen) atoms. The molecule has 1 aliphatic heterocycles. The zero-order valence-electron chi connectivity index (χ0n) is 10.6. The molecule has 2 unspecified atom stereocenters. The number of hydrogen-bond acceptors (Lipinski definition) is 4. The van der Waals surface area contributed by atoms with E-state index in [1.807, 2.05) is 12.3 Å². The van der Waals surface area contributed by atoms with Crippen molar-refractivity contribution in [2.24, 2.45) is 0 Å². The normalized spacial score (nSPS) is 27.2. The average Bonchev–Trinajstić information content (AvgIpc) is 2.34. The Labute approximate surface area is 103 Å². The number of piperazine rings is 1. The Morgan fingerprint density at radius 2 is 2.29 bits per heavy atom. The van der Waals surface area contributed by atoms with Gasteiger partial charge in [0.15, 0.2) is 0 Å². The van der Waals surface area contributed by atoms with E-state index < -0.39 is 0 Å². The molecule has 1 aromatic heterocycles. The van der Waals surface area contributed by atoms with E-state index in [1.54, 1.807) is 6.20 Å². The molecule has 0 aromatic carbocycles. The van der Waals surface area contributed by atoms with Gasteiger partial charge in [0, 0.05) is 44.1 Å². The molecule has 94 valence electrons. The van der Waals surface area contributed by atoms with Crippen LogP contribution in [-0.2, 0) is 6.54 Å². The lowest BCUT2D eigenvalue weighted by atomic mass is 10.1. The highest BCUT2D eigenvalue weighted by Gasteiger charge is 2.28. The first-order chi connectivity index (χ1) is 8.20. The van der Waals surface area contributed by atoms with E-state index in [0.29, 0.717) is 6.04 Å². The van der Waals surface area contributed by atoms with Crippen LogP contribution in [0.5, 0.6) is 0 Å². The lowest BCUT2D eigenvalue weighted by Crippen LogP contribution is -2.56. The number of rotatable bonds is 3. The Bertz CT molecular complexity index is 344. The average molecular weight is 235 g/mol. The van der Waals surface area contributed by atoms with Gasteiger partial charge in [0.2, 0.25) is 0 Å². The van der Waals surface area contributed by atoms with Gasteiger partial charge in [0.05, 0.1) is 6.61 Å². The van der Waals surface area contributed by atoms with Gasteiger partial charge in [-0.15, -0.1) is 0 Å². The van der Waals surface area contributed by atoms with Gasteiger partial charge in [-0.2, -0.15) is 0 Å². The lowest BCUT2D eigenvalue weighted by molar-refractivity contribution is 0.0207. The maximum atomic E-state index is 9.35. The SMILES string of the molecule is CC1CN(C)C(CO)CN1Cc1cccnc1. The van der Waals surface area contributed by atoms with Gasteiger partial charge >= 0.3 is 0 Å². The molecule has 4 nitrogen and oxygen atoms in total. The van der Waals surface area contributed by atoms with Crippen LogP contribution in [0.1, 0.15) is 12.5 Å². The van der Waals surface area contributed by atoms with Crippen molar-refractivity contribution in [1.29, 1.82) is 0 Å². The Morgan fingerprint density at radius 1 is 1.47 bits per heavy atom. The van der Waals surface area contributed by atoms with Gasteiger partial charge in [-0.1, -0.05) is 6.07 Å². The van der Waals surface area contributed by atoms with E-state index in [4.69, 9.17) is 0 Å². The largest absolute Gasteiger partial charge is 0.395 e. The molecule has 1 aliphatic rings. The van der Waals surface area contributed by atoms with Crippen LogP contribution in [0.3, 0.4) is 0 Å². The van der Waals surface area contributed by atoms with Crippen LogP contribution < -0.4 is 0 Å². The van der Waals surface area contributed by atoms with E-state index in [1.165, 1.54) is 5.56 Å². The summed E-state index contributed by atoms with van der Waals surface area (Å²) in [5.74, 6) is 0. The Kier molecular flexibility index (Phi) is 4.10. The summed E-state index contributed by atoms with van der Waals surface area (Å²) in [6.45, 7) is 5.31. The number of aromatic nitrogens is 1. The van der Waals surface area contributed by atoms with Crippen LogP contribution in [0, 0.1) is 0 Å². The lowest BCUT2D eigenvalue weighted by Gasteiger charge is -2.43. The molecule has 0 bridgehead atoms. The van der Waals surface area contributed by atoms with Crippen molar-refractivity contribution in [2.75, 3.05) is 26.7 Å². The predicted octanol–water partition coefficient (Wildman–Crippen LogP) is 0.578. The summed E-state index contributed by atoms with van der Waals surface area (Å²) in [6.07, 6.45) is 3.71. The maximum Gasteiger partial charge on any atom is 0.0599 e. The van der Waals surface area contributed by atoms with Crippen LogP contribution in [0.25, 0.3) is 0 Å². The Hall–Kier alpha value is -0.970. The summed E-state index contributed by atoms with van der Waals surface area (Å²) < 4.78 is 0. The molecule has 1 N–H and O–H groups in total. The molecule has 4 heteroatoms. The predicted molar refractivity (Wildman–Crippen MR) is 67.6 cm³/mol. The van der Waals surface area contributed by atoms with Gasteiger partial charge in [-0.3, -0.25) is 14.8 Å². The van der Waals surface area contributed by atoms with E-state index in [0.717, 1.165) is 19.6 Å². The van der Waals surface area contributed by atoms with E-state index in [-0.39, 0.29) is 12.6 Å². The number of likely N-dealkylation sites (N-methyl/N-ethyl adjacent to an activating group) is 1. The van der Waals surface area contributed by atoms with E-state index in [9.17, 15) is 5.11 Å². The zero-order valence-corrected chi connectivity index (χ0v) is 10.6. The molecular formula is C13H21N3O. The number of aliphatic hydroxyl groups is 1. The molecule has 0 radical (unpaired) electrons. The van der Waals surface area contributed by atoms with Crippen molar-refractivity contribution in [3.05, 3.63) is 30.1 Å². The third kappa shape index (κ3) is 3.03. The topological polar surface area (TPSA) is 39.6 Å². The Morgan fingerprint density at radius 3 is 2.94 bits per heavy atom. The van der Waals surface area contributed by atoms with Crippen molar-refractivity contribution >= 4 is 0 Å². The van der Waals surface area contributed by atoms with E-state index >= 15 is 0 Å². The molecular weight excluding hydrogens is 214 g/mol. The number of aliphatic hydroxyl groups excluding tert-OH is 1. The van der Waals surface area contributed by atoms with Crippen LogP contribution in [0.15, 0.2) is 24.5 Å². The molecule has 2 rings (SSSR count). The second kappa shape index (κ2) is 5.58. The third-order valence-corrected chi connectivity index (χ3v) is 3.56. The highest BCUT2D eigenvalue weighted by Crippen LogP contribution is 2.16. The van der Waals surface area contributed by atoms with E-state index in [2.05, 4.69) is 34.8 Å². The number of nitrogens with zero attached hydrogens (tertiary/aromatic N) is 3. The quantitative estimate of drug-likeness (QED) is 0.832. The van der Waals surface area contributed by atoms with Gasteiger partial charge in [-0.05, 0) is 25.6 Å². The summed E-state index contributed by atoms with van der Waals surface area (Å²) in [5.41, 5.74) is 1.24. The summed E-state index contributed by atoms with van der Waals surface area (Å²) in [5, 5.41) is 9.35. The molecule has 2 heterocycles. The van der Waals surface area contributed by atoms with Crippen LogP contribution in [-0.4, -0.2) is 58.7 Å². The zero-order chi connectivity index (χ0) is 12.3. The van der Waals surface area contributed by atoms with Gasteiger partial charge in [-0.25, -0.2) is 0 Å². The van der Waals surface area contributed by atoms with Gasteiger partial charge in [0.1, 0.15) is 0 Å². The van der Waals surface area contributed by atoms with Crippen molar-refractivity contribution in [3.8, 4) is 0 Å². The number of pyridine rings is 1. The van der Waals surface area contributed by atoms with Gasteiger partial charge in [0.25, 0.3) is 0 Å². The summed E-state index contributed by atoms with van der Waals surface area (Å²) in [7, 11) is 2.08. The molecule has 0 saturated carbocycles. The highest BCUT2D eigenvalue weighted by atomic mass is 16.3. The fraction of sp³-hybridized carbons (Fsp3) is 0.615. The summed E-state index contributed by atoms with van der Waals surface area (Å²) in [4.78, 5) is 8.80. The number of hydrogen-bond donors (Lipinski definition) is 1. The van der Waals surface area contributed by atoms with Crippen molar-refractivity contribution < 1.29 is 5.11 Å². The molecule has 1 aromatic rings. The first-order valence-corrected chi connectivity index (χ1v) is 6.14. The van der Waals surface area contributed by atoms with Crippen molar-refractivity contribution in [1.82, 2.24) is 14.8 Å². The summed E-state index contributed by atoms with van der Waals surface area (Å²) >= 11 is 0. The van der Waals surface area contributed by atoms with Crippen LogP contribution in [0.2, 0.25) is 0 Å². The molecule has 0 spiro atoms. The first kappa shape index (κ1) is 12.5. The maximum absolute atomic E-state index is 9.35. The van der Waals surface area contributed by atoms with Crippen LogP contribution in [0.4, 0.5) is 0 Å². The molecule has 2 atom stereocenters. The standard InChI is InChI=1S/C13H21N3O/c1-11-7-15(2)13(10-17)9-16(11)8-12-4-3-5-14-6-12/h3-6,11,13,17H,7-10H2,1-2H3. The fourth-order valence-electron chi connectivity index (χ4n) is 2.42. The van der Waals surface area contributed by atoms with Crippen LogP contribution >= 0.6 is 0 Å². The molecule has 1 saturated heterocycles. The van der Waals surface area contributed by atoms with Crippen molar-refractivity contribution in [2.45, 2.75) is 25.6 Å². The Balaban J connectivity index is 2.00. The highest BCUT2D eigenvalue weighted by molar-refractivity contribution is 5.08. The third-order valence-electron chi connectivity index (χ3n) is 3.56. The molecule has 0 aliphatic carbocycles. The van der Waals surface area contributed by atoms with Crippen molar-refractivity contribution in [3.63, 3.8) is 0 Å². The minimum Gasteiger partial charge on any atom is -0.395 e. The second-order valence-corrected chi connectivity index (χ2v) is 4.92. The minimum absolute atomic E-state index is 0.229. The monoisotopic (exact) mass is 235 g/mol. The smallest absolute Gasteiger partial charge is 0.0599 e. The first-order valence-electron chi connectivity index (χ1n) is 6.14. The van der Waals surface area contributed by atoms with Gasteiger partial charge < -0.3 is 5.11 Å². The summed E-state index contributed by atoms with van der Waals surface area (Å²) in [6, 6.07) is 4.84. The molecule has 1 fully saturated rings.